The van der Waals surface area contributed by atoms with Crippen molar-refractivity contribution in [1.29, 1.82) is 0 Å². The maximum Gasteiger partial charge on any atom is 0.0734 e. The van der Waals surface area contributed by atoms with Crippen LogP contribution in [0.2, 0.25) is 0 Å². The van der Waals surface area contributed by atoms with E-state index in [4.69, 9.17) is 0 Å². The molecule has 0 fully saturated rings. The van der Waals surface area contributed by atoms with E-state index in [-0.39, 0.29) is 0 Å². The van der Waals surface area contributed by atoms with Gasteiger partial charge in [0.1, 0.15) is 0 Å². The number of aromatic amines is 1. The zero-order valence-corrected chi connectivity index (χ0v) is 8.91. The van der Waals surface area contributed by atoms with Crippen molar-refractivity contribution in [3.63, 3.8) is 0 Å². The molecule has 0 radical (unpaired) electrons. The van der Waals surface area contributed by atoms with Crippen LogP contribution in [0.1, 0.15) is 5.56 Å². The minimum atomic E-state index is 0.857. The maximum absolute atomic E-state index is 4.40. The zero-order chi connectivity index (χ0) is 9.26. The standard InChI is InChI=1S/C10H11NS2/c12-6-5-8-7-3-1-2-4-9(7)11-10(8)13/h1-4,11-13H,5-6H2. The lowest BCUT2D eigenvalue weighted by molar-refractivity contribution is 1.08. The first-order valence-electron chi connectivity index (χ1n) is 4.22. The van der Waals surface area contributed by atoms with Gasteiger partial charge in [-0.3, -0.25) is 0 Å². The summed E-state index contributed by atoms with van der Waals surface area (Å²) < 4.78 is 0. The van der Waals surface area contributed by atoms with Gasteiger partial charge in [-0.05, 0) is 23.8 Å². The second-order valence-electron chi connectivity index (χ2n) is 2.97. The van der Waals surface area contributed by atoms with Crippen molar-refractivity contribution in [2.45, 2.75) is 11.4 Å². The molecule has 1 aromatic carbocycles. The number of aromatic nitrogens is 1. The normalized spacial score (nSPS) is 10.9. The summed E-state index contributed by atoms with van der Waals surface area (Å²) in [4.78, 5) is 3.24. The highest BCUT2D eigenvalue weighted by Gasteiger charge is 2.06. The highest BCUT2D eigenvalue weighted by Crippen LogP contribution is 2.25. The largest absolute Gasteiger partial charge is 0.350 e. The van der Waals surface area contributed by atoms with Crippen LogP contribution in [0.5, 0.6) is 0 Å². The van der Waals surface area contributed by atoms with Crippen LogP contribution in [-0.4, -0.2) is 10.7 Å². The predicted octanol–water partition coefficient (Wildman–Crippen LogP) is 2.93. The van der Waals surface area contributed by atoms with E-state index in [1.54, 1.807) is 0 Å². The molecule has 0 bridgehead atoms. The van der Waals surface area contributed by atoms with Crippen LogP contribution in [-0.2, 0) is 6.42 Å². The monoisotopic (exact) mass is 209 g/mol. The predicted molar refractivity (Wildman–Crippen MR) is 63.1 cm³/mol. The fourth-order valence-corrected chi connectivity index (χ4v) is 2.13. The van der Waals surface area contributed by atoms with Gasteiger partial charge in [-0.15, -0.1) is 12.6 Å². The van der Waals surface area contributed by atoms with Crippen molar-refractivity contribution in [3.05, 3.63) is 29.8 Å². The minimum absolute atomic E-state index is 0.857. The SMILES string of the molecule is SCCc1c(S)[nH]c2ccccc12. The van der Waals surface area contributed by atoms with Crippen molar-refractivity contribution >= 4 is 36.2 Å². The van der Waals surface area contributed by atoms with Crippen molar-refractivity contribution < 1.29 is 0 Å². The molecule has 1 aromatic heterocycles. The Morgan fingerprint density at radius 3 is 2.77 bits per heavy atom. The Morgan fingerprint density at radius 2 is 2.00 bits per heavy atom. The van der Waals surface area contributed by atoms with Gasteiger partial charge in [0.15, 0.2) is 0 Å². The van der Waals surface area contributed by atoms with Crippen LogP contribution in [0.15, 0.2) is 29.3 Å². The number of hydrogen-bond donors (Lipinski definition) is 3. The molecule has 0 aliphatic carbocycles. The molecule has 2 rings (SSSR count). The van der Waals surface area contributed by atoms with Crippen LogP contribution in [0.25, 0.3) is 10.9 Å². The van der Waals surface area contributed by atoms with Crippen molar-refractivity contribution in [2.24, 2.45) is 0 Å². The lowest BCUT2D eigenvalue weighted by Crippen LogP contribution is -1.84. The summed E-state index contributed by atoms with van der Waals surface area (Å²) in [7, 11) is 0. The van der Waals surface area contributed by atoms with E-state index in [2.05, 4.69) is 42.4 Å². The van der Waals surface area contributed by atoms with Gasteiger partial charge in [0, 0.05) is 10.9 Å². The lowest BCUT2D eigenvalue weighted by atomic mass is 10.1. The Kier molecular flexibility index (Phi) is 2.56. The summed E-state index contributed by atoms with van der Waals surface area (Å²) in [6.45, 7) is 0. The number of para-hydroxylation sites is 1. The summed E-state index contributed by atoms with van der Waals surface area (Å²) >= 11 is 8.63. The first kappa shape index (κ1) is 9.03. The second kappa shape index (κ2) is 3.68. The third kappa shape index (κ3) is 1.58. The van der Waals surface area contributed by atoms with E-state index in [0.717, 1.165) is 22.7 Å². The Hall–Kier alpha value is -0.540. The highest BCUT2D eigenvalue weighted by molar-refractivity contribution is 7.80. The molecule has 1 heterocycles. The number of H-pyrrole nitrogens is 1. The van der Waals surface area contributed by atoms with Gasteiger partial charge >= 0.3 is 0 Å². The number of thiol groups is 2. The fourth-order valence-electron chi connectivity index (χ4n) is 1.55. The minimum Gasteiger partial charge on any atom is -0.350 e. The zero-order valence-electron chi connectivity index (χ0n) is 7.12. The summed E-state index contributed by atoms with van der Waals surface area (Å²) in [6.07, 6.45) is 0.964. The molecule has 0 saturated heterocycles. The molecule has 1 N–H and O–H groups in total. The van der Waals surface area contributed by atoms with E-state index in [1.165, 1.54) is 10.9 Å². The van der Waals surface area contributed by atoms with Gasteiger partial charge in [-0.2, -0.15) is 12.6 Å². The summed E-state index contributed by atoms with van der Waals surface area (Å²) in [5.74, 6) is 0.857. The van der Waals surface area contributed by atoms with Gasteiger partial charge in [0.25, 0.3) is 0 Å². The number of rotatable bonds is 2. The molecule has 3 heteroatoms. The Labute approximate surface area is 88.4 Å². The first-order chi connectivity index (χ1) is 6.33. The van der Waals surface area contributed by atoms with Gasteiger partial charge in [-0.25, -0.2) is 0 Å². The van der Waals surface area contributed by atoms with Crippen LogP contribution in [0.4, 0.5) is 0 Å². The van der Waals surface area contributed by atoms with Gasteiger partial charge in [0.2, 0.25) is 0 Å². The van der Waals surface area contributed by atoms with E-state index in [1.807, 2.05) is 12.1 Å². The maximum atomic E-state index is 4.40. The average Bonchev–Trinajstić information content (AvgIpc) is 2.44. The van der Waals surface area contributed by atoms with Gasteiger partial charge in [-0.1, -0.05) is 18.2 Å². The molecule has 0 saturated carbocycles. The third-order valence-electron chi connectivity index (χ3n) is 2.15. The number of hydrogen-bond acceptors (Lipinski definition) is 2. The Balaban J connectivity index is 2.64. The molecular weight excluding hydrogens is 198 g/mol. The van der Waals surface area contributed by atoms with Gasteiger partial charge in [0.05, 0.1) is 5.03 Å². The number of fused-ring (bicyclic) bond motifs is 1. The number of benzene rings is 1. The van der Waals surface area contributed by atoms with E-state index in [0.29, 0.717) is 0 Å². The van der Waals surface area contributed by atoms with Crippen molar-refractivity contribution in [1.82, 2.24) is 4.98 Å². The molecule has 68 valence electrons. The first-order valence-corrected chi connectivity index (χ1v) is 5.30. The molecule has 0 atom stereocenters. The van der Waals surface area contributed by atoms with E-state index in [9.17, 15) is 0 Å². The summed E-state index contributed by atoms with van der Waals surface area (Å²) in [5, 5.41) is 2.23. The molecule has 0 unspecified atom stereocenters. The number of nitrogens with one attached hydrogen (secondary N) is 1. The van der Waals surface area contributed by atoms with E-state index >= 15 is 0 Å². The smallest absolute Gasteiger partial charge is 0.0734 e. The van der Waals surface area contributed by atoms with Crippen LogP contribution >= 0.6 is 25.3 Å². The molecule has 0 aliphatic heterocycles. The Morgan fingerprint density at radius 1 is 1.23 bits per heavy atom. The molecule has 0 aliphatic rings. The van der Waals surface area contributed by atoms with Crippen LogP contribution in [0.3, 0.4) is 0 Å². The summed E-state index contributed by atoms with van der Waals surface area (Å²) in [6, 6.07) is 8.25. The molecular formula is C10H11NS2. The van der Waals surface area contributed by atoms with Gasteiger partial charge < -0.3 is 4.98 Å². The fraction of sp³-hybridized carbons (Fsp3) is 0.200. The lowest BCUT2D eigenvalue weighted by Gasteiger charge is -1.95. The summed E-state index contributed by atoms with van der Waals surface area (Å²) in [5.41, 5.74) is 2.43. The molecule has 13 heavy (non-hydrogen) atoms. The highest BCUT2D eigenvalue weighted by atomic mass is 32.1. The average molecular weight is 209 g/mol. The number of aryl methyl sites for hydroxylation is 1. The molecule has 0 amide bonds. The topological polar surface area (TPSA) is 15.8 Å². The quantitative estimate of drug-likeness (QED) is 0.631. The van der Waals surface area contributed by atoms with Crippen molar-refractivity contribution in [2.75, 3.05) is 5.75 Å². The van der Waals surface area contributed by atoms with Crippen LogP contribution < -0.4 is 0 Å². The third-order valence-corrected chi connectivity index (χ3v) is 2.76. The molecule has 1 nitrogen and oxygen atoms in total. The second-order valence-corrected chi connectivity index (χ2v) is 3.87. The van der Waals surface area contributed by atoms with E-state index < -0.39 is 0 Å². The Bertz CT molecular complexity index is 420. The van der Waals surface area contributed by atoms with Crippen LogP contribution in [0, 0.1) is 0 Å². The molecule has 0 spiro atoms. The molecule has 2 aromatic rings. The van der Waals surface area contributed by atoms with Crippen molar-refractivity contribution in [3.8, 4) is 0 Å².